The lowest BCUT2D eigenvalue weighted by Gasteiger charge is -2.31. The average Bonchev–Trinajstić information content (AvgIpc) is 2.66. The highest BCUT2D eigenvalue weighted by Crippen LogP contribution is 2.25. The predicted octanol–water partition coefficient (Wildman–Crippen LogP) is 2.50. The summed E-state index contributed by atoms with van der Waals surface area (Å²) in [4.78, 5) is 2.78. The van der Waals surface area contributed by atoms with E-state index in [0.717, 1.165) is 17.9 Å². The highest BCUT2D eigenvalue weighted by molar-refractivity contribution is 4.89. The van der Waals surface area contributed by atoms with Crippen LogP contribution in [-0.4, -0.2) is 37.1 Å². The van der Waals surface area contributed by atoms with Crippen molar-refractivity contribution in [2.24, 2.45) is 11.8 Å². The van der Waals surface area contributed by atoms with Crippen molar-refractivity contribution in [1.82, 2.24) is 10.2 Å². The Morgan fingerprint density at radius 1 is 1.06 bits per heavy atom. The van der Waals surface area contributed by atoms with Gasteiger partial charge in [-0.2, -0.15) is 0 Å². The van der Waals surface area contributed by atoms with Gasteiger partial charge in [0.1, 0.15) is 0 Å². The zero-order valence-corrected chi connectivity index (χ0v) is 11.0. The molecule has 0 saturated carbocycles. The molecule has 3 unspecified atom stereocenters. The third-order valence-electron chi connectivity index (χ3n) is 4.76. The Morgan fingerprint density at radius 2 is 1.94 bits per heavy atom. The van der Waals surface area contributed by atoms with Crippen LogP contribution >= 0.6 is 0 Å². The Bertz CT molecular complexity index is 205. The van der Waals surface area contributed by atoms with E-state index in [1.165, 1.54) is 58.3 Å². The number of rotatable bonds is 3. The van der Waals surface area contributed by atoms with Gasteiger partial charge in [-0.1, -0.05) is 26.7 Å². The molecule has 0 amide bonds. The van der Waals surface area contributed by atoms with E-state index in [2.05, 4.69) is 24.1 Å². The number of nitrogens with zero attached hydrogens (tertiary/aromatic N) is 1. The summed E-state index contributed by atoms with van der Waals surface area (Å²) < 4.78 is 0. The number of likely N-dealkylation sites (tertiary alicyclic amines) is 1. The van der Waals surface area contributed by atoms with E-state index in [4.69, 9.17) is 0 Å². The SMILES string of the molecule is CCC1CCCN(C2CNCC2CC)CC1. The Balaban J connectivity index is 1.89. The molecule has 2 aliphatic heterocycles. The van der Waals surface area contributed by atoms with E-state index in [1.54, 1.807) is 0 Å². The monoisotopic (exact) mass is 224 g/mol. The fraction of sp³-hybridized carbons (Fsp3) is 1.00. The van der Waals surface area contributed by atoms with Gasteiger partial charge in [-0.15, -0.1) is 0 Å². The van der Waals surface area contributed by atoms with Crippen molar-refractivity contribution < 1.29 is 0 Å². The van der Waals surface area contributed by atoms with Gasteiger partial charge in [-0.25, -0.2) is 0 Å². The number of nitrogens with one attached hydrogen (secondary N) is 1. The molecule has 0 aromatic carbocycles. The van der Waals surface area contributed by atoms with Crippen LogP contribution in [0.25, 0.3) is 0 Å². The third kappa shape index (κ3) is 2.78. The lowest BCUT2D eigenvalue weighted by atomic mass is 9.98. The highest BCUT2D eigenvalue weighted by atomic mass is 15.2. The minimum absolute atomic E-state index is 0.834. The maximum absolute atomic E-state index is 3.57. The molecule has 0 aromatic heterocycles. The molecule has 0 spiro atoms. The first-order valence-electron chi connectivity index (χ1n) is 7.29. The van der Waals surface area contributed by atoms with Crippen LogP contribution in [0.1, 0.15) is 46.0 Å². The van der Waals surface area contributed by atoms with Gasteiger partial charge in [0.25, 0.3) is 0 Å². The summed E-state index contributed by atoms with van der Waals surface area (Å²) in [5.74, 6) is 1.90. The van der Waals surface area contributed by atoms with Gasteiger partial charge in [0.2, 0.25) is 0 Å². The average molecular weight is 224 g/mol. The predicted molar refractivity (Wildman–Crippen MR) is 69.6 cm³/mol. The van der Waals surface area contributed by atoms with Crippen molar-refractivity contribution in [3.63, 3.8) is 0 Å². The lowest BCUT2D eigenvalue weighted by Crippen LogP contribution is -2.41. The largest absolute Gasteiger partial charge is 0.315 e. The molecule has 16 heavy (non-hydrogen) atoms. The molecule has 0 aromatic rings. The van der Waals surface area contributed by atoms with Crippen molar-refractivity contribution in [2.75, 3.05) is 26.2 Å². The topological polar surface area (TPSA) is 15.3 Å². The maximum atomic E-state index is 3.57. The van der Waals surface area contributed by atoms with Crippen LogP contribution in [-0.2, 0) is 0 Å². The molecule has 2 aliphatic rings. The van der Waals surface area contributed by atoms with E-state index < -0.39 is 0 Å². The van der Waals surface area contributed by atoms with Gasteiger partial charge in [0.15, 0.2) is 0 Å². The molecule has 0 bridgehead atoms. The van der Waals surface area contributed by atoms with Crippen LogP contribution < -0.4 is 5.32 Å². The van der Waals surface area contributed by atoms with Gasteiger partial charge in [0.05, 0.1) is 0 Å². The summed E-state index contributed by atoms with van der Waals surface area (Å²) in [7, 11) is 0. The minimum atomic E-state index is 0.834. The van der Waals surface area contributed by atoms with Gasteiger partial charge in [-0.3, -0.25) is 4.90 Å². The first-order valence-corrected chi connectivity index (χ1v) is 7.29. The van der Waals surface area contributed by atoms with Crippen molar-refractivity contribution in [2.45, 2.75) is 52.0 Å². The second-order valence-electron chi connectivity index (χ2n) is 5.64. The molecule has 1 N–H and O–H groups in total. The van der Waals surface area contributed by atoms with Crippen molar-refractivity contribution in [3.8, 4) is 0 Å². The second kappa shape index (κ2) is 6.02. The van der Waals surface area contributed by atoms with Gasteiger partial charge >= 0.3 is 0 Å². The van der Waals surface area contributed by atoms with Crippen LogP contribution in [0, 0.1) is 11.8 Å². The molecule has 2 heteroatoms. The highest BCUT2D eigenvalue weighted by Gasteiger charge is 2.31. The van der Waals surface area contributed by atoms with E-state index >= 15 is 0 Å². The normalized spacial score (nSPS) is 37.5. The molecular formula is C14H28N2. The Kier molecular flexibility index (Phi) is 4.66. The maximum Gasteiger partial charge on any atom is 0.0260 e. The summed E-state index contributed by atoms with van der Waals surface area (Å²) in [6, 6.07) is 0.834. The quantitative estimate of drug-likeness (QED) is 0.792. The van der Waals surface area contributed by atoms with Crippen molar-refractivity contribution in [1.29, 1.82) is 0 Å². The van der Waals surface area contributed by atoms with Crippen LogP contribution in [0.2, 0.25) is 0 Å². The Hall–Kier alpha value is -0.0800. The molecule has 0 aliphatic carbocycles. The molecule has 2 nitrogen and oxygen atoms in total. The van der Waals surface area contributed by atoms with Crippen LogP contribution in [0.15, 0.2) is 0 Å². The van der Waals surface area contributed by atoms with E-state index in [9.17, 15) is 0 Å². The van der Waals surface area contributed by atoms with Crippen LogP contribution in [0.5, 0.6) is 0 Å². The Labute approximate surface area is 101 Å². The van der Waals surface area contributed by atoms with Crippen molar-refractivity contribution >= 4 is 0 Å². The molecular weight excluding hydrogens is 196 g/mol. The van der Waals surface area contributed by atoms with Gasteiger partial charge in [-0.05, 0) is 50.7 Å². The van der Waals surface area contributed by atoms with Crippen LogP contribution in [0.3, 0.4) is 0 Å². The number of hydrogen-bond donors (Lipinski definition) is 1. The van der Waals surface area contributed by atoms with E-state index in [0.29, 0.717) is 0 Å². The minimum Gasteiger partial charge on any atom is -0.315 e. The van der Waals surface area contributed by atoms with Crippen molar-refractivity contribution in [3.05, 3.63) is 0 Å². The zero-order valence-electron chi connectivity index (χ0n) is 11.0. The fourth-order valence-electron chi connectivity index (χ4n) is 3.49. The fourth-order valence-corrected chi connectivity index (χ4v) is 3.49. The van der Waals surface area contributed by atoms with E-state index in [1.807, 2.05) is 0 Å². The first kappa shape index (κ1) is 12.4. The van der Waals surface area contributed by atoms with Gasteiger partial charge < -0.3 is 5.32 Å². The lowest BCUT2D eigenvalue weighted by molar-refractivity contribution is 0.173. The van der Waals surface area contributed by atoms with E-state index in [-0.39, 0.29) is 0 Å². The molecule has 94 valence electrons. The zero-order chi connectivity index (χ0) is 11.4. The molecule has 2 rings (SSSR count). The second-order valence-corrected chi connectivity index (χ2v) is 5.64. The summed E-state index contributed by atoms with van der Waals surface area (Å²) in [6.45, 7) is 9.87. The first-order chi connectivity index (χ1) is 7.85. The number of hydrogen-bond acceptors (Lipinski definition) is 2. The van der Waals surface area contributed by atoms with Crippen LogP contribution in [0.4, 0.5) is 0 Å². The van der Waals surface area contributed by atoms with Gasteiger partial charge in [0, 0.05) is 12.6 Å². The molecule has 3 atom stereocenters. The molecule has 2 fully saturated rings. The molecule has 0 radical (unpaired) electrons. The Morgan fingerprint density at radius 3 is 2.69 bits per heavy atom. The summed E-state index contributed by atoms with van der Waals surface area (Å²) in [5.41, 5.74) is 0. The molecule has 2 saturated heterocycles. The summed E-state index contributed by atoms with van der Waals surface area (Å²) in [5, 5.41) is 3.57. The smallest absolute Gasteiger partial charge is 0.0260 e. The summed E-state index contributed by atoms with van der Waals surface area (Å²) >= 11 is 0. The summed E-state index contributed by atoms with van der Waals surface area (Å²) in [6.07, 6.45) is 7.04. The standard InChI is InChI=1S/C14H28N2/c1-3-12-6-5-8-16(9-7-12)14-11-15-10-13(14)4-2/h12-15H,3-11H2,1-2H3. The third-order valence-corrected chi connectivity index (χ3v) is 4.76. The molecule has 2 heterocycles.